The standard InChI is InChI=1S/C9H17NO5/c1-7(2)15-9(13)10(4-5-14-3)6-8(11)12/h7H,4-6H2,1-3H3,(H,11,12). The predicted molar refractivity (Wildman–Crippen MR) is 52.7 cm³/mol. The van der Waals surface area contributed by atoms with E-state index in [1.807, 2.05) is 0 Å². The van der Waals surface area contributed by atoms with Crippen LogP contribution in [0.1, 0.15) is 13.8 Å². The van der Waals surface area contributed by atoms with Gasteiger partial charge in [-0.2, -0.15) is 0 Å². The lowest BCUT2D eigenvalue weighted by Crippen LogP contribution is -2.39. The van der Waals surface area contributed by atoms with E-state index in [2.05, 4.69) is 0 Å². The number of carboxylic acids is 1. The van der Waals surface area contributed by atoms with E-state index < -0.39 is 12.1 Å². The molecule has 0 atom stereocenters. The van der Waals surface area contributed by atoms with Crippen molar-refractivity contribution in [3.05, 3.63) is 0 Å². The molecule has 0 rings (SSSR count). The van der Waals surface area contributed by atoms with Crippen LogP contribution in [0.3, 0.4) is 0 Å². The van der Waals surface area contributed by atoms with Gasteiger partial charge in [-0.05, 0) is 13.8 Å². The highest BCUT2D eigenvalue weighted by molar-refractivity contribution is 5.76. The average molecular weight is 219 g/mol. The number of carbonyl (C=O) groups excluding carboxylic acids is 1. The second-order valence-corrected chi connectivity index (χ2v) is 3.24. The molecule has 0 aromatic carbocycles. The van der Waals surface area contributed by atoms with E-state index in [1.54, 1.807) is 13.8 Å². The number of hydrogen-bond donors (Lipinski definition) is 1. The average Bonchev–Trinajstić information content (AvgIpc) is 2.10. The van der Waals surface area contributed by atoms with Crippen molar-refractivity contribution in [2.75, 3.05) is 26.8 Å². The lowest BCUT2D eigenvalue weighted by Gasteiger charge is -2.21. The van der Waals surface area contributed by atoms with Crippen molar-refractivity contribution in [3.8, 4) is 0 Å². The molecule has 0 bridgehead atoms. The van der Waals surface area contributed by atoms with Crippen molar-refractivity contribution in [3.63, 3.8) is 0 Å². The fourth-order valence-electron chi connectivity index (χ4n) is 0.876. The molecule has 6 nitrogen and oxygen atoms in total. The Morgan fingerprint density at radius 3 is 2.40 bits per heavy atom. The fraction of sp³-hybridized carbons (Fsp3) is 0.778. The molecule has 0 fully saturated rings. The molecule has 1 amide bonds. The Morgan fingerprint density at radius 1 is 1.40 bits per heavy atom. The maximum absolute atomic E-state index is 11.4. The monoisotopic (exact) mass is 219 g/mol. The van der Waals surface area contributed by atoms with Crippen LogP contribution >= 0.6 is 0 Å². The SMILES string of the molecule is COCCN(CC(=O)O)C(=O)OC(C)C. The number of rotatable bonds is 6. The zero-order valence-corrected chi connectivity index (χ0v) is 9.23. The van der Waals surface area contributed by atoms with E-state index in [0.717, 1.165) is 4.90 Å². The molecule has 88 valence electrons. The molecule has 0 unspecified atom stereocenters. The van der Waals surface area contributed by atoms with Crippen LogP contribution in [-0.4, -0.2) is 55.0 Å². The maximum Gasteiger partial charge on any atom is 0.410 e. The third-order valence-corrected chi connectivity index (χ3v) is 1.49. The molecular weight excluding hydrogens is 202 g/mol. The fourth-order valence-corrected chi connectivity index (χ4v) is 0.876. The second-order valence-electron chi connectivity index (χ2n) is 3.24. The third-order valence-electron chi connectivity index (χ3n) is 1.49. The smallest absolute Gasteiger partial charge is 0.410 e. The number of hydrogen-bond acceptors (Lipinski definition) is 4. The lowest BCUT2D eigenvalue weighted by atomic mass is 10.5. The summed E-state index contributed by atoms with van der Waals surface area (Å²) < 4.78 is 9.65. The van der Waals surface area contributed by atoms with Crippen molar-refractivity contribution in [2.24, 2.45) is 0 Å². The first kappa shape index (κ1) is 13.7. The third kappa shape index (κ3) is 6.73. The summed E-state index contributed by atoms with van der Waals surface area (Å²) in [6.45, 7) is 3.50. The molecule has 0 saturated heterocycles. The Hall–Kier alpha value is -1.30. The van der Waals surface area contributed by atoms with E-state index in [-0.39, 0.29) is 25.8 Å². The minimum atomic E-state index is -1.08. The van der Waals surface area contributed by atoms with Gasteiger partial charge < -0.3 is 14.6 Å². The Balaban J connectivity index is 4.20. The Bertz CT molecular complexity index is 217. The number of aliphatic carboxylic acids is 1. The van der Waals surface area contributed by atoms with Crippen LogP contribution in [0.15, 0.2) is 0 Å². The van der Waals surface area contributed by atoms with Crippen molar-refractivity contribution in [1.29, 1.82) is 0 Å². The van der Waals surface area contributed by atoms with Crippen molar-refractivity contribution in [2.45, 2.75) is 20.0 Å². The van der Waals surface area contributed by atoms with Gasteiger partial charge >= 0.3 is 12.1 Å². The van der Waals surface area contributed by atoms with Gasteiger partial charge in [-0.3, -0.25) is 9.69 Å². The highest BCUT2D eigenvalue weighted by Gasteiger charge is 2.18. The first-order chi connectivity index (χ1) is 6.97. The summed E-state index contributed by atoms with van der Waals surface area (Å²) in [5, 5.41) is 8.58. The summed E-state index contributed by atoms with van der Waals surface area (Å²) in [7, 11) is 1.48. The summed E-state index contributed by atoms with van der Waals surface area (Å²) in [4.78, 5) is 22.9. The van der Waals surface area contributed by atoms with Gasteiger partial charge in [0, 0.05) is 13.7 Å². The van der Waals surface area contributed by atoms with Gasteiger partial charge in [0.1, 0.15) is 6.54 Å². The largest absolute Gasteiger partial charge is 0.480 e. The molecule has 0 aliphatic carbocycles. The molecule has 0 aliphatic rings. The summed E-state index contributed by atoms with van der Waals surface area (Å²) >= 11 is 0. The van der Waals surface area contributed by atoms with Gasteiger partial charge in [0.2, 0.25) is 0 Å². The van der Waals surface area contributed by atoms with Crippen LogP contribution in [-0.2, 0) is 14.3 Å². The minimum absolute atomic E-state index is 0.203. The molecule has 6 heteroatoms. The highest BCUT2D eigenvalue weighted by atomic mass is 16.6. The summed E-state index contributed by atoms with van der Waals surface area (Å²) in [5.74, 6) is -1.08. The topological polar surface area (TPSA) is 76.1 Å². The van der Waals surface area contributed by atoms with Crippen LogP contribution in [0.4, 0.5) is 4.79 Å². The zero-order valence-electron chi connectivity index (χ0n) is 9.23. The van der Waals surface area contributed by atoms with E-state index >= 15 is 0 Å². The Labute approximate surface area is 88.8 Å². The number of carboxylic acid groups (broad SMARTS) is 1. The quantitative estimate of drug-likeness (QED) is 0.706. The van der Waals surface area contributed by atoms with Gasteiger partial charge in [0.05, 0.1) is 12.7 Å². The number of ether oxygens (including phenoxy) is 2. The summed E-state index contributed by atoms with van der Waals surface area (Å²) in [5.41, 5.74) is 0. The Kier molecular flexibility index (Phi) is 6.44. The molecule has 0 aromatic heterocycles. The molecule has 0 saturated carbocycles. The van der Waals surface area contributed by atoms with Crippen molar-refractivity contribution < 1.29 is 24.2 Å². The maximum atomic E-state index is 11.4. The summed E-state index contributed by atoms with van der Waals surface area (Å²) in [6, 6.07) is 0. The molecule has 1 N–H and O–H groups in total. The second kappa shape index (κ2) is 7.05. The predicted octanol–water partition coefficient (Wildman–Crippen LogP) is 0.564. The van der Waals surface area contributed by atoms with E-state index in [1.165, 1.54) is 7.11 Å². The van der Waals surface area contributed by atoms with Gasteiger partial charge in [-0.15, -0.1) is 0 Å². The molecule has 15 heavy (non-hydrogen) atoms. The first-order valence-corrected chi connectivity index (χ1v) is 4.63. The Morgan fingerprint density at radius 2 is 2.00 bits per heavy atom. The lowest BCUT2D eigenvalue weighted by molar-refractivity contribution is -0.138. The molecule has 0 spiro atoms. The van der Waals surface area contributed by atoms with Crippen LogP contribution < -0.4 is 0 Å². The van der Waals surface area contributed by atoms with E-state index in [4.69, 9.17) is 14.6 Å². The van der Waals surface area contributed by atoms with Gasteiger partial charge in [-0.1, -0.05) is 0 Å². The normalized spacial score (nSPS) is 10.1. The van der Waals surface area contributed by atoms with Crippen LogP contribution in [0, 0.1) is 0 Å². The molecule has 0 aromatic rings. The number of methoxy groups -OCH3 is 1. The number of amides is 1. The van der Waals surface area contributed by atoms with Gasteiger partial charge in [0.25, 0.3) is 0 Å². The van der Waals surface area contributed by atoms with Gasteiger partial charge in [-0.25, -0.2) is 4.79 Å². The summed E-state index contributed by atoms with van der Waals surface area (Å²) in [6.07, 6.45) is -0.902. The van der Waals surface area contributed by atoms with Crippen molar-refractivity contribution in [1.82, 2.24) is 4.90 Å². The zero-order chi connectivity index (χ0) is 11.8. The van der Waals surface area contributed by atoms with E-state index in [0.29, 0.717) is 0 Å². The van der Waals surface area contributed by atoms with E-state index in [9.17, 15) is 9.59 Å². The molecule has 0 heterocycles. The molecular formula is C9H17NO5. The molecule has 0 radical (unpaired) electrons. The molecule has 0 aliphatic heterocycles. The minimum Gasteiger partial charge on any atom is -0.480 e. The van der Waals surface area contributed by atoms with Crippen LogP contribution in [0.25, 0.3) is 0 Å². The van der Waals surface area contributed by atoms with Crippen molar-refractivity contribution >= 4 is 12.1 Å². The number of carbonyl (C=O) groups is 2. The number of nitrogens with zero attached hydrogens (tertiary/aromatic N) is 1. The first-order valence-electron chi connectivity index (χ1n) is 4.63. The highest BCUT2D eigenvalue weighted by Crippen LogP contribution is 1.98. The van der Waals surface area contributed by atoms with Gasteiger partial charge in [0.15, 0.2) is 0 Å². The van der Waals surface area contributed by atoms with Crippen LogP contribution in [0.5, 0.6) is 0 Å². The van der Waals surface area contributed by atoms with Crippen LogP contribution in [0.2, 0.25) is 0 Å².